The highest BCUT2D eigenvalue weighted by atomic mass is 35.5. The second-order valence-electron chi connectivity index (χ2n) is 5.96. The van der Waals surface area contributed by atoms with Gasteiger partial charge in [-0.25, -0.2) is 0 Å². The molecule has 1 aliphatic heterocycles. The molecule has 1 fully saturated rings. The summed E-state index contributed by atoms with van der Waals surface area (Å²) >= 11 is 8.50. The van der Waals surface area contributed by atoms with Crippen LogP contribution in [0.15, 0.2) is 71.6 Å². The number of carbonyl (C=O) groups is 2. The molecule has 0 bridgehead atoms. The summed E-state index contributed by atoms with van der Waals surface area (Å²) in [5.41, 5.74) is 2.00. The Bertz CT molecular complexity index is 1030. The van der Waals surface area contributed by atoms with E-state index < -0.39 is 0 Å². The van der Waals surface area contributed by atoms with Crippen LogP contribution < -0.4 is 0 Å². The fraction of sp³-hybridized carbons (Fsp3) is 0.0476. The van der Waals surface area contributed by atoms with Crippen molar-refractivity contribution in [1.82, 2.24) is 4.90 Å². The minimum absolute atomic E-state index is 0.232. The van der Waals surface area contributed by atoms with Crippen LogP contribution in [0, 0.1) is 0 Å². The van der Waals surface area contributed by atoms with Crippen LogP contribution in [0.2, 0.25) is 5.02 Å². The van der Waals surface area contributed by atoms with Crippen LogP contribution in [-0.2, 0) is 11.3 Å². The number of thioether (sulfide) groups is 1. The summed E-state index contributed by atoms with van der Waals surface area (Å²) < 4.78 is 0. The lowest BCUT2D eigenvalue weighted by molar-refractivity contribution is -0.123. The number of imide groups is 1. The van der Waals surface area contributed by atoms with Crippen molar-refractivity contribution < 1.29 is 9.59 Å². The standard InChI is InChI=1S/C21H14ClNO2S2/c22-16-8-6-15(7-9-16)18-11-10-17(26-18)12-19-20(24)23(21(25)27-19)13-14-4-2-1-3-5-14/h1-12H,13H2. The van der Waals surface area contributed by atoms with E-state index in [4.69, 9.17) is 11.6 Å². The number of thiophene rings is 1. The first-order valence-electron chi connectivity index (χ1n) is 8.25. The van der Waals surface area contributed by atoms with E-state index in [1.807, 2.05) is 66.7 Å². The van der Waals surface area contributed by atoms with Gasteiger partial charge in [-0.3, -0.25) is 14.5 Å². The molecule has 6 heteroatoms. The Hall–Kier alpha value is -2.34. The molecule has 134 valence electrons. The Morgan fingerprint density at radius 1 is 0.926 bits per heavy atom. The van der Waals surface area contributed by atoms with Gasteiger partial charge in [0.15, 0.2) is 0 Å². The fourth-order valence-corrected chi connectivity index (χ4v) is 4.72. The van der Waals surface area contributed by atoms with Gasteiger partial charge in [0.2, 0.25) is 0 Å². The molecule has 1 saturated heterocycles. The minimum Gasteiger partial charge on any atom is -0.268 e. The lowest BCUT2D eigenvalue weighted by Gasteiger charge is -2.11. The maximum atomic E-state index is 12.6. The molecular weight excluding hydrogens is 398 g/mol. The molecule has 2 amide bonds. The number of amides is 2. The van der Waals surface area contributed by atoms with Gasteiger partial charge < -0.3 is 0 Å². The van der Waals surface area contributed by atoms with Gasteiger partial charge >= 0.3 is 0 Å². The summed E-state index contributed by atoms with van der Waals surface area (Å²) in [5, 5.41) is 0.465. The summed E-state index contributed by atoms with van der Waals surface area (Å²) in [6, 6.07) is 21.1. The third kappa shape index (κ3) is 4.00. The largest absolute Gasteiger partial charge is 0.293 e. The predicted octanol–water partition coefficient (Wildman–Crippen LogP) is 6.31. The average molecular weight is 412 g/mol. The summed E-state index contributed by atoms with van der Waals surface area (Å²) in [6.07, 6.45) is 1.79. The number of nitrogens with zero attached hydrogens (tertiary/aromatic N) is 1. The third-order valence-corrected chi connectivity index (χ3v) is 6.33. The Balaban J connectivity index is 1.53. The minimum atomic E-state index is -0.240. The highest BCUT2D eigenvalue weighted by molar-refractivity contribution is 8.18. The monoisotopic (exact) mass is 411 g/mol. The van der Waals surface area contributed by atoms with Gasteiger partial charge in [0.25, 0.3) is 11.1 Å². The number of hydrogen-bond donors (Lipinski definition) is 0. The first-order valence-corrected chi connectivity index (χ1v) is 10.3. The molecule has 0 aliphatic carbocycles. The maximum Gasteiger partial charge on any atom is 0.293 e. The average Bonchev–Trinajstić information content (AvgIpc) is 3.24. The number of rotatable bonds is 4. The molecule has 0 unspecified atom stereocenters. The van der Waals surface area contributed by atoms with Crippen molar-refractivity contribution in [3.8, 4) is 10.4 Å². The van der Waals surface area contributed by atoms with Crippen molar-refractivity contribution in [2.75, 3.05) is 0 Å². The predicted molar refractivity (Wildman–Crippen MR) is 113 cm³/mol. The molecule has 0 saturated carbocycles. The lowest BCUT2D eigenvalue weighted by Crippen LogP contribution is -2.27. The fourth-order valence-electron chi connectivity index (χ4n) is 2.73. The van der Waals surface area contributed by atoms with E-state index in [-0.39, 0.29) is 11.1 Å². The molecule has 0 spiro atoms. The molecular formula is C21H14ClNO2S2. The molecule has 0 N–H and O–H groups in total. The maximum absolute atomic E-state index is 12.6. The van der Waals surface area contributed by atoms with Crippen LogP contribution in [0.4, 0.5) is 4.79 Å². The van der Waals surface area contributed by atoms with Crippen molar-refractivity contribution in [2.45, 2.75) is 6.54 Å². The summed E-state index contributed by atoms with van der Waals surface area (Å²) in [5.74, 6) is -0.240. The number of hydrogen-bond acceptors (Lipinski definition) is 4. The molecule has 4 rings (SSSR count). The first-order chi connectivity index (χ1) is 13.1. The zero-order valence-corrected chi connectivity index (χ0v) is 16.5. The van der Waals surface area contributed by atoms with E-state index in [2.05, 4.69) is 0 Å². The molecule has 2 aromatic carbocycles. The second-order valence-corrected chi connectivity index (χ2v) is 8.51. The number of benzene rings is 2. The summed E-state index contributed by atoms with van der Waals surface area (Å²) in [4.78, 5) is 28.7. The van der Waals surface area contributed by atoms with Gasteiger partial charge in [0.05, 0.1) is 11.4 Å². The van der Waals surface area contributed by atoms with E-state index >= 15 is 0 Å². The van der Waals surface area contributed by atoms with E-state index in [9.17, 15) is 9.59 Å². The van der Waals surface area contributed by atoms with Crippen molar-refractivity contribution in [3.63, 3.8) is 0 Å². The molecule has 2 heterocycles. The van der Waals surface area contributed by atoms with Gasteiger partial charge in [-0.15, -0.1) is 11.3 Å². The second kappa shape index (κ2) is 7.72. The van der Waals surface area contributed by atoms with Crippen molar-refractivity contribution in [1.29, 1.82) is 0 Å². The Morgan fingerprint density at radius 2 is 1.67 bits per heavy atom. The summed E-state index contributed by atoms with van der Waals surface area (Å²) in [6.45, 7) is 0.295. The van der Waals surface area contributed by atoms with Crippen molar-refractivity contribution in [2.24, 2.45) is 0 Å². The van der Waals surface area contributed by atoms with Crippen molar-refractivity contribution >= 4 is 51.9 Å². The van der Waals surface area contributed by atoms with Crippen LogP contribution >= 0.6 is 34.7 Å². The highest BCUT2D eigenvalue weighted by Crippen LogP contribution is 2.36. The zero-order valence-electron chi connectivity index (χ0n) is 14.1. The van der Waals surface area contributed by atoms with Gasteiger partial charge in [0.1, 0.15) is 0 Å². The Kier molecular flexibility index (Phi) is 5.16. The van der Waals surface area contributed by atoms with Crippen LogP contribution in [0.3, 0.4) is 0 Å². The van der Waals surface area contributed by atoms with Crippen LogP contribution in [0.1, 0.15) is 10.4 Å². The van der Waals surface area contributed by atoms with E-state index in [1.54, 1.807) is 17.4 Å². The molecule has 0 atom stereocenters. The molecule has 1 aromatic heterocycles. The Labute approximate surface area is 170 Å². The van der Waals surface area contributed by atoms with E-state index in [0.29, 0.717) is 16.5 Å². The first kappa shape index (κ1) is 18.0. The van der Waals surface area contributed by atoms with Gasteiger partial charge in [-0.1, -0.05) is 54.1 Å². The quantitative estimate of drug-likeness (QED) is 0.472. The number of halogens is 1. The molecule has 0 radical (unpaired) electrons. The SMILES string of the molecule is O=C1SC(=Cc2ccc(-c3ccc(Cl)cc3)s2)C(=O)N1Cc1ccccc1. The van der Waals surface area contributed by atoms with E-state index in [1.165, 1.54) is 4.90 Å². The van der Waals surface area contributed by atoms with E-state index in [0.717, 1.165) is 32.6 Å². The summed E-state index contributed by atoms with van der Waals surface area (Å²) in [7, 11) is 0. The van der Waals surface area contributed by atoms with Crippen molar-refractivity contribution in [3.05, 3.63) is 87.1 Å². The lowest BCUT2D eigenvalue weighted by atomic mass is 10.2. The molecule has 1 aliphatic rings. The molecule has 3 aromatic rings. The highest BCUT2D eigenvalue weighted by Gasteiger charge is 2.35. The normalized spacial score (nSPS) is 15.7. The van der Waals surface area contributed by atoms with Gasteiger partial charge in [-0.2, -0.15) is 0 Å². The molecule has 27 heavy (non-hydrogen) atoms. The Morgan fingerprint density at radius 3 is 2.41 bits per heavy atom. The van der Waals surface area contributed by atoms with Crippen LogP contribution in [0.5, 0.6) is 0 Å². The molecule has 3 nitrogen and oxygen atoms in total. The van der Waals surface area contributed by atoms with Gasteiger partial charge in [-0.05, 0) is 53.2 Å². The smallest absolute Gasteiger partial charge is 0.268 e. The van der Waals surface area contributed by atoms with Crippen LogP contribution in [-0.4, -0.2) is 16.0 Å². The number of carbonyl (C=O) groups excluding carboxylic acids is 2. The topological polar surface area (TPSA) is 37.4 Å². The third-order valence-electron chi connectivity index (χ3n) is 4.09. The zero-order chi connectivity index (χ0) is 18.8. The van der Waals surface area contributed by atoms with Crippen LogP contribution in [0.25, 0.3) is 16.5 Å². The van der Waals surface area contributed by atoms with Gasteiger partial charge in [0, 0.05) is 14.8 Å².